The Morgan fingerprint density at radius 3 is 2.18 bits per heavy atom. The van der Waals surface area contributed by atoms with Crippen LogP contribution in [0.5, 0.6) is 0 Å². The van der Waals surface area contributed by atoms with Crippen LogP contribution in [0.2, 0.25) is 19.5 Å². The molecular weight excluding hydrogens is 131 g/mol. The molecule has 62 valence electrons. The van der Waals surface area contributed by atoms with Gasteiger partial charge in [-0.1, -0.05) is 45.1 Å². The largest absolute Gasteiger partial charge is 0.137 e. The van der Waals surface area contributed by atoms with Gasteiger partial charge < -0.3 is 0 Å². The van der Waals surface area contributed by atoms with Gasteiger partial charge in [0.05, 0.1) is 0 Å². The Bertz CT molecular complexity index is 145. The molecule has 11 heavy (non-hydrogen) atoms. The van der Waals surface area contributed by atoms with Crippen LogP contribution < -0.4 is 0 Å². The van der Waals surface area contributed by atoms with Crippen molar-refractivity contribution in [2.45, 2.75) is 58.0 Å². The van der Waals surface area contributed by atoms with Crippen molar-refractivity contribution in [3.05, 3.63) is 0 Å². The minimum Gasteiger partial charge on any atom is -0.0861 e. The zero-order chi connectivity index (χ0) is 7.90. The molecule has 0 aliphatic heterocycles. The van der Waals surface area contributed by atoms with Crippen LogP contribution in [0.25, 0.3) is 0 Å². The minimum absolute atomic E-state index is 0.867. The second-order valence-electron chi connectivity index (χ2n) is 4.98. The molecule has 2 rings (SSSR count). The normalized spacial score (nSPS) is 33.8. The summed E-state index contributed by atoms with van der Waals surface area (Å²) in [7, 11) is 0. The fourth-order valence-corrected chi connectivity index (χ4v) is 3.15. The molecule has 0 heterocycles. The molecule has 2 saturated carbocycles. The first-order valence-corrected chi connectivity index (χ1v) is 5.25. The summed E-state index contributed by atoms with van der Waals surface area (Å²) in [4.78, 5) is 0. The van der Waals surface area contributed by atoms with Gasteiger partial charge in [0, 0.05) is 0 Å². The van der Waals surface area contributed by atoms with Crippen molar-refractivity contribution >= 4 is 6.71 Å². The number of hydrogen-bond donors (Lipinski definition) is 0. The first kappa shape index (κ1) is 7.70. The lowest BCUT2D eigenvalue weighted by Gasteiger charge is -2.23. The van der Waals surface area contributed by atoms with Gasteiger partial charge in [-0.15, -0.1) is 0 Å². The molecular formula is C10H19B. The topological polar surface area (TPSA) is 0 Å². The predicted octanol–water partition coefficient (Wildman–Crippen LogP) is 3.47. The fraction of sp³-hybridized carbons (Fsp3) is 1.00. The van der Waals surface area contributed by atoms with E-state index in [1.807, 2.05) is 0 Å². The summed E-state index contributed by atoms with van der Waals surface area (Å²) in [5.41, 5.74) is 0.867. The molecule has 0 amide bonds. The quantitative estimate of drug-likeness (QED) is 0.502. The third-order valence-electron chi connectivity index (χ3n) is 3.91. The Morgan fingerprint density at radius 2 is 1.73 bits per heavy atom. The maximum Gasteiger partial charge on any atom is 0.137 e. The van der Waals surface area contributed by atoms with E-state index in [9.17, 15) is 0 Å². The van der Waals surface area contributed by atoms with Crippen LogP contribution in [0.1, 0.15) is 38.5 Å². The lowest BCUT2D eigenvalue weighted by Crippen LogP contribution is -2.13. The average Bonchev–Trinajstić information content (AvgIpc) is 2.66. The molecule has 2 aliphatic rings. The lowest BCUT2D eigenvalue weighted by atomic mass is 9.47. The molecule has 1 spiro atoms. The second kappa shape index (κ2) is 2.53. The monoisotopic (exact) mass is 150 g/mol. The van der Waals surface area contributed by atoms with Gasteiger partial charge in [0.1, 0.15) is 6.71 Å². The van der Waals surface area contributed by atoms with E-state index in [1.165, 1.54) is 19.3 Å². The molecule has 2 aliphatic carbocycles. The van der Waals surface area contributed by atoms with Crippen molar-refractivity contribution in [3.8, 4) is 0 Å². The van der Waals surface area contributed by atoms with Crippen LogP contribution in [0.4, 0.5) is 0 Å². The Morgan fingerprint density at radius 1 is 1.09 bits per heavy atom. The van der Waals surface area contributed by atoms with Crippen molar-refractivity contribution in [1.82, 2.24) is 0 Å². The molecule has 0 aromatic carbocycles. The van der Waals surface area contributed by atoms with Crippen LogP contribution in [-0.2, 0) is 0 Å². The van der Waals surface area contributed by atoms with E-state index in [2.05, 4.69) is 13.6 Å². The highest BCUT2D eigenvalue weighted by atomic mass is 14.5. The molecule has 0 nitrogen and oxygen atoms in total. The molecule has 0 N–H and O–H groups in total. The van der Waals surface area contributed by atoms with Crippen molar-refractivity contribution in [2.75, 3.05) is 0 Å². The van der Waals surface area contributed by atoms with E-state index in [-0.39, 0.29) is 0 Å². The zero-order valence-electron chi connectivity index (χ0n) is 7.90. The third kappa shape index (κ3) is 1.23. The summed E-state index contributed by atoms with van der Waals surface area (Å²) < 4.78 is 0. The van der Waals surface area contributed by atoms with Gasteiger partial charge in [-0.05, 0) is 18.3 Å². The van der Waals surface area contributed by atoms with Crippen LogP contribution in [0.3, 0.4) is 0 Å². The lowest BCUT2D eigenvalue weighted by molar-refractivity contribution is 0.336. The molecule has 1 heteroatoms. The molecule has 0 aromatic heterocycles. The van der Waals surface area contributed by atoms with Gasteiger partial charge in [0.15, 0.2) is 0 Å². The Balaban J connectivity index is 1.93. The molecule has 1 atom stereocenters. The predicted molar refractivity (Wildman–Crippen MR) is 51.4 cm³/mol. The van der Waals surface area contributed by atoms with Gasteiger partial charge in [-0.3, -0.25) is 0 Å². The summed E-state index contributed by atoms with van der Waals surface area (Å²) in [5, 5.41) is 0. The maximum atomic E-state index is 2.40. The molecule has 0 bridgehead atoms. The summed E-state index contributed by atoms with van der Waals surface area (Å²) in [6, 6.07) is 0. The summed E-state index contributed by atoms with van der Waals surface area (Å²) in [6.45, 7) is 5.75. The molecule has 1 unspecified atom stereocenters. The maximum absolute atomic E-state index is 2.40. The Hall–Kier alpha value is 0.0649. The zero-order valence-corrected chi connectivity index (χ0v) is 7.90. The van der Waals surface area contributed by atoms with Crippen LogP contribution in [0.15, 0.2) is 0 Å². The highest BCUT2D eigenvalue weighted by molar-refractivity contribution is 6.58. The second-order valence-corrected chi connectivity index (χ2v) is 4.98. The van der Waals surface area contributed by atoms with Crippen molar-refractivity contribution in [1.29, 1.82) is 0 Å². The van der Waals surface area contributed by atoms with Gasteiger partial charge in [-0.2, -0.15) is 0 Å². The van der Waals surface area contributed by atoms with E-state index < -0.39 is 0 Å². The fourth-order valence-electron chi connectivity index (χ4n) is 3.15. The summed E-state index contributed by atoms with van der Waals surface area (Å²) in [5.74, 6) is 1.10. The number of hydrogen-bond acceptors (Lipinski definition) is 0. The van der Waals surface area contributed by atoms with E-state index in [0.717, 1.165) is 17.9 Å². The molecule has 0 radical (unpaired) electrons. The van der Waals surface area contributed by atoms with Gasteiger partial charge >= 0.3 is 0 Å². The van der Waals surface area contributed by atoms with Crippen LogP contribution >= 0.6 is 0 Å². The summed E-state index contributed by atoms with van der Waals surface area (Å²) in [6.07, 6.45) is 9.20. The SMILES string of the molecule is CB(C)C1CC12CCCCC2. The Kier molecular flexibility index (Phi) is 1.77. The van der Waals surface area contributed by atoms with E-state index in [4.69, 9.17) is 0 Å². The molecule has 0 saturated heterocycles. The van der Waals surface area contributed by atoms with E-state index >= 15 is 0 Å². The third-order valence-corrected chi connectivity index (χ3v) is 3.91. The highest BCUT2D eigenvalue weighted by Gasteiger charge is 2.54. The average molecular weight is 150 g/mol. The highest BCUT2D eigenvalue weighted by Crippen LogP contribution is 2.66. The first-order valence-electron chi connectivity index (χ1n) is 5.25. The summed E-state index contributed by atoms with van der Waals surface area (Å²) >= 11 is 0. The number of rotatable bonds is 1. The van der Waals surface area contributed by atoms with Crippen molar-refractivity contribution in [2.24, 2.45) is 5.41 Å². The van der Waals surface area contributed by atoms with E-state index in [1.54, 1.807) is 19.3 Å². The van der Waals surface area contributed by atoms with Gasteiger partial charge in [0.2, 0.25) is 0 Å². The smallest absolute Gasteiger partial charge is 0.0861 e. The molecule has 2 fully saturated rings. The minimum atomic E-state index is 0.867. The Labute approximate surface area is 70.8 Å². The van der Waals surface area contributed by atoms with Crippen molar-refractivity contribution in [3.63, 3.8) is 0 Å². The standard InChI is InChI=1S/C10H19B/c1-11(2)9-8-10(9)6-4-3-5-7-10/h9H,3-8H2,1-2H3. The van der Waals surface area contributed by atoms with Gasteiger partial charge in [0.25, 0.3) is 0 Å². The van der Waals surface area contributed by atoms with Crippen LogP contribution in [0, 0.1) is 5.41 Å². The molecule has 0 aromatic rings. The van der Waals surface area contributed by atoms with Gasteiger partial charge in [-0.25, -0.2) is 0 Å². The van der Waals surface area contributed by atoms with E-state index in [0.29, 0.717) is 0 Å². The van der Waals surface area contributed by atoms with Crippen LogP contribution in [-0.4, -0.2) is 6.71 Å². The first-order chi connectivity index (χ1) is 5.25. The van der Waals surface area contributed by atoms with Crippen molar-refractivity contribution < 1.29 is 0 Å².